The number of halogens is 1. The Hall–Kier alpha value is -1.57. The lowest BCUT2D eigenvalue weighted by atomic mass is 10.3. The van der Waals surface area contributed by atoms with E-state index in [0.717, 1.165) is 5.82 Å². The van der Waals surface area contributed by atoms with Crippen molar-refractivity contribution in [2.45, 2.75) is 18.0 Å². The van der Waals surface area contributed by atoms with Crippen LogP contribution in [0.4, 0.5) is 5.69 Å². The summed E-state index contributed by atoms with van der Waals surface area (Å²) in [4.78, 5) is 4.19. The van der Waals surface area contributed by atoms with Gasteiger partial charge in [0.05, 0.1) is 11.6 Å². The van der Waals surface area contributed by atoms with Gasteiger partial charge in [0.2, 0.25) is 10.0 Å². The van der Waals surface area contributed by atoms with Crippen LogP contribution in [0.25, 0.3) is 0 Å². The maximum Gasteiger partial charge on any atom is 0.245 e. The van der Waals surface area contributed by atoms with Crippen LogP contribution in [0.15, 0.2) is 35.5 Å². The molecule has 0 fully saturated rings. The van der Waals surface area contributed by atoms with Gasteiger partial charge in [0.25, 0.3) is 0 Å². The largest absolute Gasteiger partial charge is 0.399 e. The molecule has 0 saturated heterocycles. The number of rotatable bonds is 2. The molecule has 2 heterocycles. The Kier molecular flexibility index (Phi) is 3.19. The summed E-state index contributed by atoms with van der Waals surface area (Å²) in [5.41, 5.74) is 6.02. The molecule has 0 atom stereocenters. The minimum Gasteiger partial charge on any atom is -0.399 e. The van der Waals surface area contributed by atoms with E-state index >= 15 is 0 Å². The van der Waals surface area contributed by atoms with Gasteiger partial charge >= 0.3 is 0 Å². The molecule has 1 aromatic heterocycles. The van der Waals surface area contributed by atoms with Crippen molar-refractivity contribution in [1.29, 1.82) is 0 Å². The third kappa shape index (κ3) is 2.17. The van der Waals surface area contributed by atoms with Crippen molar-refractivity contribution >= 4 is 27.3 Å². The molecule has 2 aromatic rings. The average molecular weight is 313 g/mol. The molecule has 6 nitrogen and oxygen atoms in total. The van der Waals surface area contributed by atoms with E-state index < -0.39 is 10.0 Å². The summed E-state index contributed by atoms with van der Waals surface area (Å²) in [7, 11) is -3.67. The molecule has 0 unspecified atom stereocenters. The van der Waals surface area contributed by atoms with Gasteiger partial charge in [0.15, 0.2) is 0 Å². The molecule has 20 heavy (non-hydrogen) atoms. The molecule has 1 aromatic carbocycles. The Bertz CT molecular complexity index is 757. The van der Waals surface area contributed by atoms with Gasteiger partial charge < -0.3 is 10.3 Å². The summed E-state index contributed by atoms with van der Waals surface area (Å²) in [5.74, 6) is 0.722. The fourth-order valence-corrected chi connectivity index (χ4v) is 4.11. The molecule has 0 aliphatic carbocycles. The predicted octanol–water partition coefficient (Wildman–Crippen LogP) is 1.32. The molecule has 0 spiro atoms. The number of benzene rings is 1. The Labute approximate surface area is 121 Å². The first-order valence-corrected chi connectivity index (χ1v) is 7.85. The van der Waals surface area contributed by atoms with Gasteiger partial charge in [-0.3, -0.25) is 0 Å². The molecular weight excluding hydrogens is 300 g/mol. The van der Waals surface area contributed by atoms with Crippen LogP contribution in [0.5, 0.6) is 0 Å². The average Bonchev–Trinajstić information content (AvgIpc) is 2.88. The first-order valence-electron chi connectivity index (χ1n) is 6.03. The third-order valence-electron chi connectivity index (χ3n) is 3.28. The zero-order valence-electron chi connectivity index (χ0n) is 10.5. The van der Waals surface area contributed by atoms with Crippen LogP contribution in [0.1, 0.15) is 5.82 Å². The number of fused-ring (bicyclic) bond motifs is 1. The maximum atomic E-state index is 12.6. The van der Waals surface area contributed by atoms with E-state index in [1.165, 1.54) is 16.4 Å². The molecule has 8 heteroatoms. The van der Waals surface area contributed by atoms with E-state index in [1.54, 1.807) is 12.3 Å². The highest BCUT2D eigenvalue weighted by atomic mass is 35.5. The van der Waals surface area contributed by atoms with Crippen molar-refractivity contribution in [3.8, 4) is 0 Å². The highest BCUT2D eigenvalue weighted by Crippen LogP contribution is 2.28. The third-order valence-corrected chi connectivity index (χ3v) is 5.61. The summed E-state index contributed by atoms with van der Waals surface area (Å²) >= 11 is 6.00. The zero-order chi connectivity index (χ0) is 14.3. The van der Waals surface area contributed by atoms with E-state index in [-0.39, 0.29) is 16.5 Å². The first-order chi connectivity index (χ1) is 9.48. The highest BCUT2D eigenvalue weighted by molar-refractivity contribution is 7.89. The number of nitrogen functional groups attached to an aromatic ring is 1. The first kappa shape index (κ1) is 13.4. The van der Waals surface area contributed by atoms with Crippen LogP contribution in [0.3, 0.4) is 0 Å². The van der Waals surface area contributed by atoms with Crippen LogP contribution in [0.2, 0.25) is 5.02 Å². The molecule has 106 valence electrons. The second-order valence-corrected chi connectivity index (χ2v) is 6.88. The van der Waals surface area contributed by atoms with Gasteiger partial charge in [0.1, 0.15) is 10.7 Å². The van der Waals surface area contributed by atoms with Crippen LogP contribution >= 0.6 is 11.6 Å². The van der Waals surface area contributed by atoms with Gasteiger partial charge in [-0.15, -0.1) is 0 Å². The number of aromatic nitrogens is 2. The number of nitrogens with two attached hydrogens (primary N) is 1. The van der Waals surface area contributed by atoms with Crippen LogP contribution < -0.4 is 5.73 Å². The fourth-order valence-electron chi connectivity index (χ4n) is 2.21. The molecule has 1 aliphatic heterocycles. The van der Waals surface area contributed by atoms with Crippen molar-refractivity contribution < 1.29 is 8.42 Å². The molecule has 0 bridgehead atoms. The van der Waals surface area contributed by atoms with Crippen molar-refractivity contribution in [2.75, 3.05) is 12.3 Å². The van der Waals surface area contributed by atoms with Crippen molar-refractivity contribution in [2.24, 2.45) is 0 Å². The van der Waals surface area contributed by atoms with Gasteiger partial charge in [-0.1, -0.05) is 11.6 Å². The van der Waals surface area contributed by atoms with Gasteiger partial charge in [0, 0.05) is 31.2 Å². The number of anilines is 1. The number of sulfonamides is 1. The Morgan fingerprint density at radius 2 is 2.10 bits per heavy atom. The number of imidazole rings is 1. The van der Waals surface area contributed by atoms with E-state index in [0.29, 0.717) is 18.8 Å². The summed E-state index contributed by atoms with van der Waals surface area (Å²) < 4.78 is 28.6. The summed E-state index contributed by atoms with van der Waals surface area (Å²) in [6.07, 6.45) is 3.51. The number of hydrogen-bond acceptors (Lipinski definition) is 4. The topological polar surface area (TPSA) is 81.2 Å². The van der Waals surface area contributed by atoms with Crippen molar-refractivity contribution in [3.05, 3.63) is 41.4 Å². The quantitative estimate of drug-likeness (QED) is 0.848. The summed E-state index contributed by atoms with van der Waals surface area (Å²) in [6.45, 7) is 1.20. The Morgan fingerprint density at radius 3 is 2.90 bits per heavy atom. The van der Waals surface area contributed by atoms with Crippen LogP contribution in [-0.2, 0) is 23.1 Å². The SMILES string of the molecule is Nc1ccc(Cl)c(S(=O)(=O)N2CCn3ccnc3C2)c1. The minimum absolute atomic E-state index is 0.0409. The molecular formula is C12H13ClN4O2S. The van der Waals surface area contributed by atoms with E-state index in [2.05, 4.69) is 4.98 Å². The lowest BCUT2D eigenvalue weighted by molar-refractivity contribution is 0.335. The molecule has 2 N–H and O–H groups in total. The van der Waals surface area contributed by atoms with E-state index in [1.807, 2.05) is 10.8 Å². The summed E-state index contributed by atoms with van der Waals surface area (Å²) in [5, 5.41) is 0.174. The lowest BCUT2D eigenvalue weighted by Gasteiger charge is -2.27. The number of nitrogens with zero attached hydrogens (tertiary/aromatic N) is 3. The summed E-state index contributed by atoms with van der Waals surface area (Å²) in [6, 6.07) is 4.46. The van der Waals surface area contributed by atoms with E-state index in [9.17, 15) is 8.42 Å². The normalized spacial score (nSPS) is 16.1. The zero-order valence-corrected chi connectivity index (χ0v) is 12.1. The molecule has 0 saturated carbocycles. The monoisotopic (exact) mass is 312 g/mol. The van der Waals surface area contributed by atoms with Gasteiger partial charge in [-0.05, 0) is 18.2 Å². The molecule has 3 rings (SSSR count). The molecule has 0 amide bonds. The second-order valence-electron chi connectivity index (χ2n) is 4.57. The Balaban J connectivity index is 1.99. The lowest BCUT2D eigenvalue weighted by Crippen LogP contribution is -2.38. The molecule has 0 radical (unpaired) electrons. The number of hydrogen-bond donors (Lipinski definition) is 1. The fraction of sp³-hybridized carbons (Fsp3) is 0.250. The van der Waals surface area contributed by atoms with Crippen molar-refractivity contribution in [3.63, 3.8) is 0 Å². The van der Waals surface area contributed by atoms with Crippen LogP contribution in [0, 0.1) is 0 Å². The van der Waals surface area contributed by atoms with Gasteiger partial charge in [-0.2, -0.15) is 4.31 Å². The minimum atomic E-state index is -3.67. The smallest absolute Gasteiger partial charge is 0.245 e. The molecule has 1 aliphatic rings. The Morgan fingerprint density at radius 1 is 1.30 bits per heavy atom. The van der Waals surface area contributed by atoms with Crippen molar-refractivity contribution in [1.82, 2.24) is 13.9 Å². The van der Waals surface area contributed by atoms with E-state index in [4.69, 9.17) is 17.3 Å². The standard InChI is InChI=1S/C12H13ClN4O2S/c13-10-2-1-9(14)7-11(10)20(18,19)17-6-5-16-4-3-15-12(16)8-17/h1-4,7H,5-6,8,14H2. The second kappa shape index (κ2) is 4.76. The predicted molar refractivity (Wildman–Crippen MR) is 75.7 cm³/mol. The van der Waals surface area contributed by atoms with Crippen LogP contribution in [-0.4, -0.2) is 28.8 Å². The van der Waals surface area contributed by atoms with Gasteiger partial charge in [-0.25, -0.2) is 13.4 Å². The maximum absolute atomic E-state index is 12.6. The highest BCUT2D eigenvalue weighted by Gasteiger charge is 2.30.